The Morgan fingerprint density at radius 1 is 1.10 bits per heavy atom. The zero-order valence-electron chi connectivity index (χ0n) is 11.0. The minimum absolute atomic E-state index is 0.00298. The molecule has 1 aliphatic heterocycles. The normalized spacial score (nSPS) is 15.5. The Bertz CT molecular complexity index is 666. The summed E-state index contributed by atoms with van der Waals surface area (Å²) in [5, 5.41) is 23.8. The van der Waals surface area contributed by atoms with E-state index in [1.54, 1.807) is 12.1 Å². The average molecular weight is 273 g/mol. The van der Waals surface area contributed by atoms with Gasteiger partial charge in [0.1, 0.15) is 5.52 Å². The molecular formula is C14H15N3O3. The van der Waals surface area contributed by atoms with Crippen molar-refractivity contribution in [1.82, 2.24) is 0 Å². The van der Waals surface area contributed by atoms with Crippen molar-refractivity contribution in [3.63, 3.8) is 0 Å². The van der Waals surface area contributed by atoms with Crippen LogP contribution in [0.25, 0.3) is 10.9 Å². The third-order valence-corrected chi connectivity index (χ3v) is 3.74. The number of fused-ring (bicyclic) bond motifs is 1. The highest BCUT2D eigenvalue weighted by molar-refractivity contribution is 5.79. The van der Waals surface area contributed by atoms with Crippen LogP contribution in [0.3, 0.4) is 0 Å². The fourth-order valence-electron chi connectivity index (χ4n) is 2.69. The first-order valence-corrected chi connectivity index (χ1v) is 6.72. The van der Waals surface area contributed by atoms with E-state index in [1.807, 2.05) is 0 Å². The molecule has 0 unspecified atom stereocenters. The monoisotopic (exact) mass is 273 g/mol. The lowest BCUT2D eigenvalue weighted by molar-refractivity contribution is -0.563. The molecule has 1 aromatic carbocycles. The summed E-state index contributed by atoms with van der Waals surface area (Å²) in [5.41, 5.74) is 0.474. The van der Waals surface area contributed by atoms with Gasteiger partial charge in [-0.3, -0.25) is 15.0 Å². The van der Waals surface area contributed by atoms with Crippen molar-refractivity contribution in [2.24, 2.45) is 0 Å². The number of pyridine rings is 1. The molecule has 1 saturated heterocycles. The summed E-state index contributed by atoms with van der Waals surface area (Å²) < 4.78 is 0.879. The summed E-state index contributed by atoms with van der Waals surface area (Å²) in [6, 6.07) is 7.86. The van der Waals surface area contributed by atoms with Gasteiger partial charge in [0.2, 0.25) is 0 Å². The number of rotatable bonds is 2. The molecule has 0 atom stereocenters. The lowest BCUT2D eigenvalue weighted by Gasteiger charge is -2.24. The molecule has 6 nitrogen and oxygen atoms in total. The first kappa shape index (κ1) is 12.7. The number of nitrogens with zero attached hydrogens (tertiary/aromatic N) is 3. The molecule has 0 bridgehead atoms. The van der Waals surface area contributed by atoms with E-state index in [-0.39, 0.29) is 5.69 Å². The zero-order chi connectivity index (χ0) is 14.1. The SMILES string of the molecule is O=[N+]([O-])c1ccc2c(ccc(N3CCCCC3)[n+]2[O-])c1. The molecule has 2 aromatic rings. The summed E-state index contributed by atoms with van der Waals surface area (Å²) >= 11 is 0. The fraction of sp³-hybridized carbons (Fsp3) is 0.357. The van der Waals surface area contributed by atoms with Gasteiger partial charge in [-0.25, -0.2) is 4.73 Å². The predicted molar refractivity (Wildman–Crippen MR) is 75.6 cm³/mol. The third kappa shape index (κ3) is 2.13. The summed E-state index contributed by atoms with van der Waals surface area (Å²) in [5.74, 6) is 0.631. The highest BCUT2D eigenvalue weighted by Gasteiger charge is 2.21. The van der Waals surface area contributed by atoms with E-state index in [9.17, 15) is 15.3 Å². The fourth-order valence-corrected chi connectivity index (χ4v) is 2.69. The summed E-state index contributed by atoms with van der Waals surface area (Å²) in [6.07, 6.45) is 3.39. The van der Waals surface area contributed by atoms with Gasteiger partial charge >= 0.3 is 0 Å². The quantitative estimate of drug-likeness (QED) is 0.364. The van der Waals surface area contributed by atoms with Crippen LogP contribution >= 0.6 is 0 Å². The maximum Gasteiger partial charge on any atom is 0.280 e. The molecule has 1 aromatic heterocycles. The van der Waals surface area contributed by atoms with Crippen LogP contribution in [-0.4, -0.2) is 18.0 Å². The van der Waals surface area contributed by atoms with Gasteiger partial charge in [-0.05, 0) is 31.4 Å². The lowest BCUT2D eigenvalue weighted by Crippen LogP contribution is -2.41. The van der Waals surface area contributed by atoms with Crippen molar-refractivity contribution in [3.8, 4) is 0 Å². The van der Waals surface area contributed by atoms with E-state index in [0.717, 1.165) is 30.7 Å². The maximum absolute atomic E-state index is 12.4. The van der Waals surface area contributed by atoms with Gasteiger partial charge < -0.3 is 5.21 Å². The summed E-state index contributed by atoms with van der Waals surface area (Å²) in [7, 11) is 0. The van der Waals surface area contributed by atoms with E-state index in [1.165, 1.54) is 24.6 Å². The van der Waals surface area contributed by atoms with Crippen molar-refractivity contribution < 1.29 is 9.65 Å². The Morgan fingerprint density at radius 3 is 2.55 bits per heavy atom. The second-order valence-corrected chi connectivity index (χ2v) is 5.03. The highest BCUT2D eigenvalue weighted by Crippen LogP contribution is 2.22. The molecule has 1 fully saturated rings. The summed E-state index contributed by atoms with van der Waals surface area (Å²) in [4.78, 5) is 12.4. The van der Waals surface area contributed by atoms with Crippen LogP contribution in [0.2, 0.25) is 0 Å². The van der Waals surface area contributed by atoms with E-state index in [0.29, 0.717) is 16.7 Å². The van der Waals surface area contributed by atoms with Crippen molar-refractivity contribution in [2.75, 3.05) is 18.0 Å². The molecule has 3 rings (SSSR count). The molecule has 0 N–H and O–H groups in total. The van der Waals surface area contributed by atoms with Gasteiger partial charge in [0.15, 0.2) is 0 Å². The minimum Gasteiger partial charge on any atom is -0.710 e. The zero-order valence-corrected chi connectivity index (χ0v) is 11.0. The van der Waals surface area contributed by atoms with Gasteiger partial charge in [0.05, 0.1) is 18.0 Å². The lowest BCUT2D eigenvalue weighted by atomic mass is 10.1. The topological polar surface area (TPSA) is 73.3 Å². The van der Waals surface area contributed by atoms with Crippen molar-refractivity contribution in [2.45, 2.75) is 19.3 Å². The van der Waals surface area contributed by atoms with E-state index < -0.39 is 4.92 Å². The van der Waals surface area contributed by atoms with Gasteiger partial charge in [-0.2, -0.15) is 0 Å². The number of hydrogen-bond acceptors (Lipinski definition) is 4. The number of piperidine rings is 1. The predicted octanol–water partition coefficient (Wildman–Crippen LogP) is 2.37. The standard InChI is InChI=1S/C14H15N3O3/c18-16-13-6-5-12(17(19)20)10-11(13)4-7-14(16)15-8-2-1-3-9-15/h4-7,10H,1-3,8-9H2. The molecule has 1 aliphatic rings. The van der Waals surface area contributed by atoms with Crippen LogP contribution in [0.1, 0.15) is 19.3 Å². The van der Waals surface area contributed by atoms with E-state index in [2.05, 4.69) is 4.90 Å². The molecule has 0 saturated carbocycles. The second kappa shape index (κ2) is 4.96. The van der Waals surface area contributed by atoms with Gasteiger partial charge in [-0.1, -0.05) is 0 Å². The average Bonchev–Trinajstić information content (AvgIpc) is 2.48. The number of aromatic nitrogens is 1. The van der Waals surface area contributed by atoms with Crippen LogP contribution in [0.5, 0.6) is 0 Å². The minimum atomic E-state index is -0.451. The Morgan fingerprint density at radius 2 is 1.85 bits per heavy atom. The highest BCUT2D eigenvalue weighted by atomic mass is 16.6. The van der Waals surface area contributed by atoms with Crippen LogP contribution in [0.15, 0.2) is 30.3 Å². The molecule has 0 spiro atoms. The molecule has 104 valence electrons. The van der Waals surface area contributed by atoms with Crippen LogP contribution in [-0.2, 0) is 0 Å². The van der Waals surface area contributed by atoms with E-state index >= 15 is 0 Å². The third-order valence-electron chi connectivity index (χ3n) is 3.74. The number of anilines is 1. The molecule has 0 radical (unpaired) electrons. The van der Waals surface area contributed by atoms with Crippen molar-refractivity contribution in [3.05, 3.63) is 45.7 Å². The number of benzene rings is 1. The number of nitro groups is 1. The molecule has 0 aliphatic carbocycles. The Hall–Kier alpha value is -2.37. The molecule has 2 heterocycles. The van der Waals surface area contributed by atoms with Crippen molar-refractivity contribution in [1.29, 1.82) is 0 Å². The molecule has 6 heteroatoms. The molecule has 20 heavy (non-hydrogen) atoms. The smallest absolute Gasteiger partial charge is 0.280 e. The number of hydrogen-bond donors (Lipinski definition) is 0. The summed E-state index contributed by atoms with van der Waals surface area (Å²) in [6.45, 7) is 1.78. The first-order chi connectivity index (χ1) is 9.66. The number of non-ortho nitro benzene ring substituents is 1. The Labute approximate surface area is 116 Å². The van der Waals surface area contributed by atoms with Crippen LogP contribution < -0.4 is 9.63 Å². The van der Waals surface area contributed by atoms with Crippen LogP contribution in [0.4, 0.5) is 11.5 Å². The Kier molecular flexibility index (Phi) is 3.14. The van der Waals surface area contributed by atoms with Crippen LogP contribution in [0, 0.1) is 15.3 Å². The number of nitro benzene ring substituents is 1. The van der Waals surface area contributed by atoms with Crippen molar-refractivity contribution >= 4 is 22.4 Å². The van der Waals surface area contributed by atoms with Gasteiger partial charge in [0, 0.05) is 23.6 Å². The van der Waals surface area contributed by atoms with Gasteiger partial charge in [0.25, 0.3) is 11.5 Å². The Balaban J connectivity index is 2.06. The molecular weight excluding hydrogens is 258 g/mol. The maximum atomic E-state index is 12.4. The van der Waals surface area contributed by atoms with Gasteiger partial charge in [-0.15, -0.1) is 0 Å². The first-order valence-electron chi connectivity index (χ1n) is 6.72. The molecule has 0 amide bonds. The van der Waals surface area contributed by atoms with E-state index in [4.69, 9.17) is 0 Å². The second-order valence-electron chi connectivity index (χ2n) is 5.03. The largest absolute Gasteiger partial charge is 0.710 e.